The van der Waals surface area contributed by atoms with Gasteiger partial charge in [-0.25, -0.2) is 9.78 Å². The van der Waals surface area contributed by atoms with Crippen molar-refractivity contribution in [3.05, 3.63) is 24.4 Å². The van der Waals surface area contributed by atoms with Crippen LogP contribution < -0.4 is 5.32 Å². The number of carbonyl (C=O) groups excluding carboxylic acids is 1. The van der Waals surface area contributed by atoms with Crippen LogP contribution in [-0.2, 0) is 14.3 Å². The van der Waals surface area contributed by atoms with Gasteiger partial charge in [-0.3, -0.25) is 4.79 Å². The van der Waals surface area contributed by atoms with Gasteiger partial charge in [-0.05, 0) is 32.9 Å². The number of ether oxygens (including phenoxy) is 1. The van der Waals surface area contributed by atoms with E-state index in [9.17, 15) is 9.59 Å². The Bertz CT molecular complexity index is 440. The lowest BCUT2D eigenvalue weighted by molar-refractivity contribution is -0.157. The van der Waals surface area contributed by atoms with E-state index in [4.69, 9.17) is 9.84 Å². The lowest BCUT2D eigenvalue weighted by atomic mass is 10.1. The third-order valence-corrected chi connectivity index (χ3v) is 2.08. The van der Waals surface area contributed by atoms with Gasteiger partial charge < -0.3 is 15.2 Å². The Hall–Kier alpha value is -2.11. The summed E-state index contributed by atoms with van der Waals surface area (Å²) in [6.45, 7) is 5.19. The van der Waals surface area contributed by atoms with E-state index in [0.717, 1.165) is 0 Å². The van der Waals surface area contributed by atoms with Gasteiger partial charge in [0.25, 0.3) is 0 Å². The predicted octanol–water partition coefficient (Wildman–Crippen LogP) is 1.68. The molecular weight excluding hydrogens is 248 g/mol. The molecule has 0 saturated heterocycles. The fourth-order valence-electron chi connectivity index (χ4n) is 1.38. The first-order valence-corrected chi connectivity index (χ1v) is 5.90. The SMILES string of the molecule is CC(C)(C)OC(=O)C[C@H](Nc1ccccn1)C(=O)O. The maximum atomic E-state index is 11.6. The number of hydrogen-bond acceptors (Lipinski definition) is 5. The summed E-state index contributed by atoms with van der Waals surface area (Å²) in [7, 11) is 0. The molecule has 1 heterocycles. The fourth-order valence-corrected chi connectivity index (χ4v) is 1.38. The molecule has 104 valence electrons. The van der Waals surface area contributed by atoms with Crippen LogP contribution in [0.15, 0.2) is 24.4 Å². The summed E-state index contributed by atoms with van der Waals surface area (Å²) >= 11 is 0. The molecule has 19 heavy (non-hydrogen) atoms. The zero-order chi connectivity index (χ0) is 14.5. The quantitative estimate of drug-likeness (QED) is 0.788. The predicted molar refractivity (Wildman–Crippen MR) is 69.7 cm³/mol. The van der Waals surface area contributed by atoms with Gasteiger partial charge in [0, 0.05) is 6.20 Å². The lowest BCUT2D eigenvalue weighted by Crippen LogP contribution is -2.35. The summed E-state index contributed by atoms with van der Waals surface area (Å²) in [6, 6.07) is 4.01. The lowest BCUT2D eigenvalue weighted by Gasteiger charge is -2.21. The highest BCUT2D eigenvalue weighted by Crippen LogP contribution is 2.11. The second-order valence-corrected chi connectivity index (χ2v) is 5.04. The molecule has 0 amide bonds. The first-order valence-electron chi connectivity index (χ1n) is 5.90. The summed E-state index contributed by atoms with van der Waals surface area (Å²) in [5.41, 5.74) is -0.634. The van der Waals surface area contributed by atoms with Crippen molar-refractivity contribution in [3.63, 3.8) is 0 Å². The molecule has 1 aromatic rings. The van der Waals surface area contributed by atoms with Gasteiger partial charge >= 0.3 is 11.9 Å². The van der Waals surface area contributed by atoms with Crippen molar-refractivity contribution in [2.24, 2.45) is 0 Å². The topological polar surface area (TPSA) is 88.5 Å². The van der Waals surface area contributed by atoms with Crippen molar-refractivity contribution in [3.8, 4) is 0 Å². The van der Waals surface area contributed by atoms with Gasteiger partial charge in [-0.1, -0.05) is 6.07 Å². The molecule has 0 aliphatic heterocycles. The molecule has 0 aliphatic rings. The largest absolute Gasteiger partial charge is 0.480 e. The van der Waals surface area contributed by atoms with E-state index in [0.29, 0.717) is 5.82 Å². The molecule has 0 aliphatic carbocycles. The average molecular weight is 266 g/mol. The second-order valence-electron chi connectivity index (χ2n) is 5.04. The fraction of sp³-hybridized carbons (Fsp3) is 0.462. The Morgan fingerprint density at radius 1 is 1.42 bits per heavy atom. The highest BCUT2D eigenvalue weighted by molar-refractivity contribution is 5.83. The molecule has 6 nitrogen and oxygen atoms in total. The summed E-state index contributed by atoms with van der Waals surface area (Å²) in [5, 5.41) is 11.8. The molecule has 2 N–H and O–H groups in total. The van der Waals surface area contributed by atoms with Crippen LogP contribution in [0.25, 0.3) is 0 Å². The van der Waals surface area contributed by atoms with Crippen molar-refractivity contribution in [2.45, 2.75) is 38.8 Å². The van der Waals surface area contributed by atoms with Gasteiger partial charge in [-0.2, -0.15) is 0 Å². The maximum Gasteiger partial charge on any atom is 0.326 e. The first-order chi connectivity index (χ1) is 8.78. The number of aliphatic carboxylic acids is 1. The van der Waals surface area contributed by atoms with Crippen LogP contribution >= 0.6 is 0 Å². The van der Waals surface area contributed by atoms with E-state index < -0.39 is 23.6 Å². The molecule has 6 heteroatoms. The van der Waals surface area contributed by atoms with E-state index in [1.54, 1.807) is 39.0 Å². The Balaban J connectivity index is 2.64. The number of carboxylic acid groups (broad SMARTS) is 1. The molecular formula is C13H18N2O4. The monoisotopic (exact) mass is 266 g/mol. The van der Waals surface area contributed by atoms with Crippen molar-refractivity contribution < 1.29 is 19.4 Å². The third kappa shape index (κ3) is 5.85. The first kappa shape index (κ1) is 14.9. The summed E-state index contributed by atoms with van der Waals surface area (Å²) in [4.78, 5) is 26.7. The number of hydrogen-bond donors (Lipinski definition) is 2. The van der Waals surface area contributed by atoms with Crippen LogP contribution in [-0.4, -0.2) is 33.7 Å². The van der Waals surface area contributed by atoms with E-state index in [2.05, 4.69) is 10.3 Å². The van der Waals surface area contributed by atoms with Gasteiger partial charge in [0.1, 0.15) is 17.5 Å². The molecule has 0 unspecified atom stereocenters. The van der Waals surface area contributed by atoms with Crippen molar-refractivity contribution in [2.75, 3.05) is 5.32 Å². The summed E-state index contributed by atoms with van der Waals surface area (Å²) in [6.07, 6.45) is 1.28. The molecule has 0 fully saturated rings. The van der Waals surface area contributed by atoms with Crippen molar-refractivity contribution in [1.82, 2.24) is 4.98 Å². The van der Waals surface area contributed by atoms with E-state index in [1.807, 2.05) is 0 Å². The van der Waals surface area contributed by atoms with Gasteiger partial charge in [0.15, 0.2) is 0 Å². The molecule has 0 bridgehead atoms. The number of carboxylic acids is 1. The molecule has 1 rings (SSSR count). The summed E-state index contributed by atoms with van der Waals surface area (Å²) < 4.78 is 5.09. The maximum absolute atomic E-state index is 11.6. The normalized spacial score (nSPS) is 12.6. The van der Waals surface area contributed by atoms with Crippen LogP contribution in [0.2, 0.25) is 0 Å². The molecule has 0 radical (unpaired) electrons. The Kier molecular flexibility index (Phi) is 4.86. The Morgan fingerprint density at radius 3 is 2.58 bits per heavy atom. The van der Waals surface area contributed by atoms with Crippen molar-refractivity contribution in [1.29, 1.82) is 0 Å². The third-order valence-electron chi connectivity index (χ3n) is 2.08. The van der Waals surface area contributed by atoms with Gasteiger partial charge in [-0.15, -0.1) is 0 Å². The highest BCUT2D eigenvalue weighted by atomic mass is 16.6. The minimum atomic E-state index is -1.13. The number of rotatable bonds is 5. The van der Waals surface area contributed by atoms with Crippen LogP contribution in [0.5, 0.6) is 0 Å². The van der Waals surface area contributed by atoms with Crippen LogP contribution in [0.3, 0.4) is 0 Å². The number of aromatic nitrogens is 1. The van der Waals surface area contributed by atoms with Crippen LogP contribution in [0, 0.1) is 0 Å². The van der Waals surface area contributed by atoms with Crippen LogP contribution in [0.1, 0.15) is 27.2 Å². The number of carbonyl (C=O) groups is 2. The minimum absolute atomic E-state index is 0.261. The standard InChI is InChI=1S/C13H18N2O4/c1-13(2,3)19-11(16)8-9(12(17)18)15-10-6-4-5-7-14-10/h4-7,9H,8H2,1-3H3,(H,14,15)(H,17,18)/t9-/m0/s1. The average Bonchev–Trinajstić information content (AvgIpc) is 2.26. The molecule has 1 aromatic heterocycles. The zero-order valence-corrected chi connectivity index (χ0v) is 11.2. The summed E-state index contributed by atoms with van der Waals surface area (Å²) in [5.74, 6) is -1.29. The number of nitrogens with zero attached hydrogens (tertiary/aromatic N) is 1. The Labute approximate surface area is 111 Å². The highest BCUT2D eigenvalue weighted by Gasteiger charge is 2.25. The number of pyridine rings is 1. The number of anilines is 1. The molecule has 0 aromatic carbocycles. The van der Waals surface area contributed by atoms with Gasteiger partial charge in [0.2, 0.25) is 0 Å². The number of esters is 1. The van der Waals surface area contributed by atoms with Gasteiger partial charge in [0.05, 0.1) is 6.42 Å². The van der Waals surface area contributed by atoms with E-state index >= 15 is 0 Å². The van der Waals surface area contributed by atoms with E-state index in [1.165, 1.54) is 6.20 Å². The molecule has 1 atom stereocenters. The van der Waals surface area contributed by atoms with Crippen LogP contribution in [0.4, 0.5) is 5.82 Å². The van der Waals surface area contributed by atoms with E-state index in [-0.39, 0.29) is 6.42 Å². The smallest absolute Gasteiger partial charge is 0.326 e. The molecule has 0 saturated carbocycles. The minimum Gasteiger partial charge on any atom is -0.480 e. The number of nitrogens with one attached hydrogen (secondary N) is 1. The Morgan fingerprint density at radius 2 is 2.11 bits per heavy atom. The second kappa shape index (κ2) is 6.17. The van der Waals surface area contributed by atoms with Crippen molar-refractivity contribution >= 4 is 17.8 Å². The molecule has 0 spiro atoms. The zero-order valence-electron chi connectivity index (χ0n) is 11.2.